The maximum atomic E-state index is 11.8. The highest BCUT2D eigenvalue weighted by Gasteiger charge is 2.10. The molecule has 0 saturated heterocycles. The molecule has 0 spiro atoms. The molecule has 0 aliphatic heterocycles. The average molecular weight is 288 g/mol. The lowest BCUT2D eigenvalue weighted by Gasteiger charge is -2.12. The van der Waals surface area contributed by atoms with E-state index in [9.17, 15) is 9.90 Å². The summed E-state index contributed by atoms with van der Waals surface area (Å²) in [6, 6.07) is 11.0. The molecule has 1 amide bonds. The van der Waals surface area contributed by atoms with Gasteiger partial charge in [0.2, 0.25) is 0 Å². The first-order valence-electron chi connectivity index (χ1n) is 6.21. The topological polar surface area (TPSA) is 62.2 Å². The normalized spacial score (nSPS) is 11.9. The van der Waals surface area contributed by atoms with Crippen LogP contribution in [0.1, 0.15) is 22.0 Å². The van der Waals surface area contributed by atoms with Crippen LogP contribution in [-0.4, -0.2) is 28.8 Å². The molecule has 0 aliphatic carbocycles. The SMILES string of the molecule is CSc1ccc(C(O)CNC(=O)c2cccnc2)cc1. The first-order valence-corrected chi connectivity index (χ1v) is 7.43. The summed E-state index contributed by atoms with van der Waals surface area (Å²) >= 11 is 1.65. The molecule has 1 heterocycles. The van der Waals surface area contributed by atoms with E-state index >= 15 is 0 Å². The van der Waals surface area contributed by atoms with E-state index in [2.05, 4.69) is 10.3 Å². The van der Waals surface area contributed by atoms with Crippen molar-refractivity contribution in [1.82, 2.24) is 10.3 Å². The summed E-state index contributed by atoms with van der Waals surface area (Å²) in [4.78, 5) is 16.8. The zero-order chi connectivity index (χ0) is 14.4. The van der Waals surface area contributed by atoms with Gasteiger partial charge >= 0.3 is 0 Å². The molecule has 5 heteroatoms. The van der Waals surface area contributed by atoms with Crippen LogP contribution in [0.15, 0.2) is 53.7 Å². The monoisotopic (exact) mass is 288 g/mol. The van der Waals surface area contributed by atoms with E-state index in [1.807, 2.05) is 30.5 Å². The predicted octanol–water partition coefficient (Wildman–Crippen LogP) is 2.27. The number of hydrogen-bond donors (Lipinski definition) is 2. The number of nitrogens with zero attached hydrogens (tertiary/aromatic N) is 1. The molecule has 0 radical (unpaired) electrons. The minimum absolute atomic E-state index is 0.173. The second-order valence-corrected chi connectivity index (χ2v) is 5.12. The Balaban J connectivity index is 1.91. The molecule has 1 unspecified atom stereocenters. The molecule has 104 valence electrons. The minimum Gasteiger partial charge on any atom is -0.387 e. The van der Waals surface area contributed by atoms with Gasteiger partial charge in [0.15, 0.2) is 0 Å². The van der Waals surface area contributed by atoms with Crippen molar-refractivity contribution in [2.75, 3.05) is 12.8 Å². The van der Waals surface area contributed by atoms with Crippen LogP contribution in [0.25, 0.3) is 0 Å². The fourth-order valence-corrected chi connectivity index (χ4v) is 2.14. The average Bonchev–Trinajstić information content (AvgIpc) is 2.53. The summed E-state index contributed by atoms with van der Waals surface area (Å²) in [5.41, 5.74) is 1.27. The van der Waals surface area contributed by atoms with E-state index in [4.69, 9.17) is 0 Å². The molecule has 2 aromatic rings. The Kier molecular flexibility index (Phi) is 5.15. The third-order valence-electron chi connectivity index (χ3n) is 2.88. The van der Waals surface area contributed by atoms with Crippen molar-refractivity contribution in [1.29, 1.82) is 0 Å². The summed E-state index contributed by atoms with van der Waals surface area (Å²) < 4.78 is 0. The van der Waals surface area contributed by atoms with Gasteiger partial charge in [0.1, 0.15) is 0 Å². The Morgan fingerprint density at radius 2 is 2.10 bits per heavy atom. The van der Waals surface area contributed by atoms with Gasteiger partial charge in [0.05, 0.1) is 11.7 Å². The van der Waals surface area contributed by atoms with Gasteiger partial charge in [-0.2, -0.15) is 0 Å². The first kappa shape index (κ1) is 14.6. The van der Waals surface area contributed by atoms with Gasteiger partial charge in [-0.1, -0.05) is 12.1 Å². The van der Waals surface area contributed by atoms with Gasteiger partial charge in [-0.3, -0.25) is 9.78 Å². The number of nitrogens with one attached hydrogen (secondary N) is 1. The number of amides is 1. The second-order valence-electron chi connectivity index (χ2n) is 4.24. The summed E-state index contributed by atoms with van der Waals surface area (Å²) in [6.07, 6.45) is 4.39. The molecule has 1 aromatic carbocycles. The van der Waals surface area contributed by atoms with Crippen molar-refractivity contribution >= 4 is 17.7 Å². The minimum atomic E-state index is -0.716. The Morgan fingerprint density at radius 1 is 1.35 bits per heavy atom. The van der Waals surface area contributed by atoms with Crippen molar-refractivity contribution in [3.63, 3.8) is 0 Å². The number of rotatable bonds is 5. The number of aliphatic hydroxyl groups is 1. The highest BCUT2D eigenvalue weighted by atomic mass is 32.2. The highest BCUT2D eigenvalue weighted by Crippen LogP contribution is 2.18. The van der Waals surface area contributed by atoms with Crippen LogP contribution < -0.4 is 5.32 Å². The summed E-state index contributed by atoms with van der Waals surface area (Å²) in [6.45, 7) is 0.173. The van der Waals surface area contributed by atoms with Gasteiger partial charge in [-0.15, -0.1) is 11.8 Å². The fraction of sp³-hybridized carbons (Fsp3) is 0.200. The summed E-state index contributed by atoms with van der Waals surface area (Å²) in [5, 5.41) is 12.7. The Labute approximate surface area is 122 Å². The fourth-order valence-electron chi connectivity index (χ4n) is 1.73. The van der Waals surface area contributed by atoms with Crippen molar-refractivity contribution in [3.05, 3.63) is 59.9 Å². The standard InChI is InChI=1S/C15H16N2O2S/c1-20-13-6-4-11(5-7-13)14(18)10-17-15(19)12-3-2-8-16-9-12/h2-9,14,18H,10H2,1H3,(H,17,19). The van der Waals surface area contributed by atoms with Crippen LogP contribution >= 0.6 is 11.8 Å². The quantitative estimate of drug-likeness (QED) is 0.829. The lowest BCUT2D eigenvalue weighted by molar-refractivity contribution is 0.0916. The number of pyridine rings is 1. The smallest absolute Gasteiger partial charge is 0.252 e. The zero-order valence-corrected chi connectivity index (χ0v) is 11.9. The lowest BCUT2D eigenvalue weighted by atomic mass is 10.1. The third kappa shape index (κ3) is 3.82. The molecule has 0 fully saturated rings. The van der Waals surface area contributed by atoms with Crippen LogP contribution in [0.4, 0.5) is 0 Å². The van der Waals surface area contributed by atoms with E-state index in [1.54, 1.807) is 30.1 Å². The first-order chi connectivity index (χ1) is 9.70. The number of aliphatic hydroxyl groups excluding tert-OH is 1. The number of aromatic nitrogens is 1. The summed E-state index contributed by atoms with van der Waals surface area (Å²) in [7, 11) is 0. The van der Waals surface area contributed by atoms with Crippen molar-refractivity contribution in [3.8, 4) is 0 Å². The van der Waals surface area contributed by atoms with Crippen molar-refractivity contribution < 1.29 is 9.90 Å². The molecule has 1 aromatic heterocycles. The molecule has 0 aliphatic rings. The molecule has 0 saturated carbocycles. The summed E-state index contributed by atoms with van der Waals surface area (Å²) in [5.74, 6) is -0.238. The van der Waals surface area contributed by atoms with E-state index in [1.165, 1.54) is 6.20 Å². The largest absolute Gasteiger partial charge is 0.387 e. The predicted molar refractivity (Wildman–Crippen MR) is 79.8 cm³/mol. The van der Waals surface area contributed by atoms with E-state index in [0.29, 0.717) is 5.56 Å². The Morgan fingerprint density at radius 3 is 2.70 bits per heavy atom. The number of hydrogen-bond acceptors (Lipinski definition) is 4. The number of thioether (sulfide) groups is 1. The lowest BCUT2D eigenvalue weighted by Crippen LogP contribution is -2.28. The maximum Gasteiger partial charge on any atom is 0.252 e. The van der Waals surface area contributed by atoms with Crippen molar-refractivity contribution in [2.24, 2.45) is 0 Å². The van der Waals surface area contributed by atoms with Crippen LogP contribution in [0.5, 0.6) is 0 Å². The molecule has 1 atom stereocenters. The molecule has 2 N–H and O–H groups in total. The molecule has 2 rings (SSSR count). The molecule has 4 nitrogen and oxygen atoms in total. The third-order valence-corrected chi connectivity index (χ3v) is 3.62. The second kappa shape index (κ2) is 7.07. The van der Waals surface area contributed by atoms with E-state index in [-0.39, 0.29) is 12.5 Å². The molecule has 0 bridgehead atoms. The van der Waals surface area contributed by atoms with E-state index < -0.39 is 6.10 Å². The van der Waals surface area contributed by atoms with Gasteiger partial charge in [-0.25, -0.2) is 0 Å². The van der Waals surface area contributed by atoms with Crippen LogP contribution in [-0.2, 0) is 0 Å². The molecular weight excluding hydrogens is 272 g/mol. The van der Waals surface area contributed by atoms with Gasteiger partial charge in [-0.05, 0) is 36.1 Å². The van der Waals surface area contributed by atoms with Gasteiger partial charge < -0.3 is 10.4 Å². The zero-order valence-electron chi connectivity index (χ0n) is 11.1. The van der Waals surface area contributed by atoms with E-state index in [0.717, 1.165) is 10.5 Å². The van der Waals surface area contributed by atoms with Crippen molar-refractivity contribution in [2.45, 2.75) is 11.0 Å². The maximum absolute atomic E-state index is 11.8. The Bertz CT molecular complexity index is 558. The number of benzene rings is 1. The van der Waals surface area contributed by atoms with Gasteiger partial charge in [0, 0.05) is 23.8 Å². The number of carbonyl (C=O) groups excluding carboxylic acids is 1. The van der Waals surface area contributed by atoms with Crippen LogP contribution in [0.2, 0.25) is 0 Å². The Hall–Kier alpha value is -1.85. The molecule has 20 heavy (non-hydrogen) atoms. The molecular formula is C15H16N2O2S. The highest BCUT2D eigenvalue weighted by molar-refractivity contribution is 7.98. The van der Waals surface area contributed by atoms with Gasteiger partial charge in [0.25, 0.3) is 5.91 Å². The number of carbonyl (C=O) groups is 1. The van der Waals surface area contributed by atoms with Crippen LogP contribution in [0.3, 0.4) is 0 Å². The van der Waals surface area contributed by atoms with Crippen LogP contribution in [0, 0.1) is 0 Å².